The van der Waals surface area contributed by atoms with Crippen LogP contribution >= 0.6 is 11.6 Å². The zero-order valence-corrected chi connectivity index (χ0v) is 8.80. The molecule has 0 bridgehead atoms. The molecule has 1 aliphatic heterocycles. The second kappa shape index (κ2) is 4.04. The zero-order chi connectivity index (χ0) is 10.9. The molecule has 2 heterocycles. The van der Waals surface area contributed by atoms with Crippen molar-refractivity contribution >= 4 is 11.6 Å². The van der Waals surface area contributed by atoms with Crippen molar-refractivity contribution in [2.24, 2.45) is 0 Å². The molecule has 1 aromatic heterocycles. The van der Waals surface area contributed by atoms with Crippen LogP contribution in [-0.2, 0) is 10.3 Å². The van der Waals surface area contributed by atoms with Crippen molar-refractivity contribution in [1.82, 2.24) is 4.98 Å². The van der Waals surface area contributed by atoms with Crippen LogP contribution in [0.4, 0.5) is 4.39 Å². The van der Waals surface area contributed by atoms with Crippen LogP contribution in [0.1, 0.15) is 18.4 Å². The summed E-state index contributed by atoms with van der Waals surface area (Å²) in [6.45, 7) is 0.853. The third-order valence-electron chi connectivity index (χ3n) is 2.67. The Balaban J connectivity index is 2.39. The van der Waals surface area contributed by atoms with Gasteiger partial charge in [-0.15, -0.1) is 0 Å². The Hall–Kier alpha value is -0.710. The molecule has 0 aliphatic carbocycles. The van der Waals surface area contributed by atoms with Gasteiger partial charge in [-0.2, -0.15) is 0 Å². The summed E-state index contributed by atoms with van der Waals surface area (Å²) in [6, 6.07) is 1.46. The summed E-state index contributed by atoms with van der Waals surface area (Å²) < 4.78 is 18.8. The largest absolute Gasteiger partial charge is 0.385 e. The van der Waals surface area contributed by atoms with Crippen molar-refractivity contribution in [2.75, 3.05) is 13.2 Å². The summed E-state index contributed by atoms with van der Waals surface area (Å²) in [5, 5.41) is 10.0. The Morgan fingerprint density at radius 2 is 2.13 bits per heavy atom. The molecular weight excluding hydrogens is 221 g/mol. The summed E-state index contributed by atoms with van der Waals surface area (Å²) in [5.74, 6) is -0.636. The van der Waals surface area contributed by atoms with E-state index in [-0.39, 0.29) is 10.7 Å². The molecule has 0 atom stereocenters. The van der Waals surface area contributed by atoms with Gasteiger partial charge in [0.05, 0.1) is 5.60 Å². The lowest BCUT2D eigenvalue weighted by Gasteiger charge is -2.32. The van der Waals surface area contributed by atoms with E-state index in [9.17, 15) is 9.50 Å². The standard InChI is InChI=1S/C10H11ClFNO2/c11-9-8(12)7(1-4-13-9)10(14)2-5-15-6-3-10/h1,4,14H,2-3,5-6H2. The second-order valence-corrected chi connectivity index (χ2v) is 3.97. The van der Waals surface area contributed by atoms with Gasteiger partial charge in [-0.3, -0.25) is 0 Å². The first kappa shape index (κ1) is 10.8. The van der Waals surface area contributed by atoms with E-state index in [0.717, 1.165) is 0 Å². The molecule has 1 aliphatic rings. The average Bonchev–Trinajstić information content (AvgIpc) is 2.23. The fourth-order valence-electron chi connectivity index (χ4n) is 1.76. The highest BCUT2D eigenvalue weighted by Gasteiger charge is 2.34. The average molecular weight is 232 g/mol. The van der Waals surface area contributed by atoms with Crippen LogP contribution in [0.25, 0.3) is 0 Å². The van der Waals surface area contributed by atoms with Gasteiger partial charge in [0.1, 0.15) is 0 Å². The van der Waals surface area contributed by atoms with Gasteiger partial charge in [0.25, 0.3) is 0 Å². The lowest BCUT2D eigenvalue weighted by Crippen LogP contribution is -2.34. The first-order chi connectivity index (χ1) is 7.13. The minimum absolute atomic E-state index is 0.201. The summed E-state index contributed by atoms with van der Waals surface area (Å²) in [4.78, 5) is 3.61. The lowest BCUT2D eigenvalue weighted by molar-refractivity contribution is -0.0698. The molecule has 5 heteroatoms. The van der Waals surface area contributed by atoms with E-state index in [2.05, 4.69) is 4.98 Å². The number of hydrogen-bond acceptors (Lipinski definition) is 3. The molecule has 0 radical (unpaired) electrons. The van der Waals surface area contributed by atoms with Crippen molar-refractivity contribution < 1.29 is 14.2 Å². The highest BCUT2D eigenvalue weighted by Crippen LogP contribution is 2.34. The van der Waals surface area contributed by atoms with Gasteiger partial charge < -0.3 is 9.84 Å². The summed E-state index contributed by atoms with van der Waals surface area (Å²) >= 11 is 5.57. The number of aliphatic hydroxyl groups is 1. The van der Waals surface area contributed by atoms with E-state index in [0.29, 0.717) is 26.1 Å². The van der Waals surface area contributed by atoms with E-state index >= 15 is 0 Å². The summed E-state index contributed by atoms with van der Waals surface area (Å²) in [5.41, 5.74) is -0.958. The maximum atomic E-state index is 13.6. The first-order valence-corrected chi connectivity index (χ1v) is 5.12. The Morgan fingerprint density at radius 1 is 1.47 bits per heavy atom. The van der Waals surface area contributed by atoms with Crippen LogP contribution in [-0.4, -0.2) is 23.3 Å². The number of ether oxygens (including phenoxy) is 1. The van der Waals surface area contributed by atoms with E-state index in [1.807, 2.05) is 0 Å². The lowest BCUT2D eigenvalue weighted by atomic mass is 9.87. The molecule has 3 nitrogen and oxygen atoms in total. The predicted octanol–water partition coefficient (Wildman–Crippen LogP) is 1.87. The Bertz CT molecular complexity index is 366. The van der Waals surface area contributed by atoms with Gasteiger partial charge in [-0.25, -0.2) is 9.37 Å². The molecule has 0 saturated carbocycles. The molecule has 1 saturated heterocycles. The van der Waals surface area contributed by atoms with Gasteiger partial charge in [0.15, 0.2) is 11.0 Å². The molecule has 0 aromatic carbocycles. The quantitative estimate of drug-likeness (QED) is 0.751. The van der Waals surface area contributed by atoms with Gasteiger partial charge in [-0.1, -0.05) is 11.6 Å². The molecule has 0 spiro atoms. The van der Waals surface area contributed by atoms with Crippen LogP contribution in [0, 0.1) is 5.82 Å². The molecule has 1 fully saturated rings. The third-order valence-corrected chi connectivity index (χ3v) is 2.93. The van der Waals surface area contributed by atoms with Crippen LogP contribution in [0.15, 0.2) is 12.3 Å². The van der Waals surface area contributed by atoms with Gasteiger partial charge >= 0.3 is 0 Å². The Kier molecular flexibility index (Phi) is 2.91. The van der Waals surface area contributed by atoms with E-state index in [1.54, 1.807) is 0 Å². The smallest absolute Gasteiger partial charge is 0.166 e. The fourth-order valence-corrected chi connectivity index (χ4v) is 1.91. The van der Waals surface area contributed by atoms with Crippen molar-refractivity contribution in [3.63, 3.8) is 0 Å². The van der Waals surface area contributed by atoms with E-state index < -0.39 is 11.4 Å². The SMILES string of the molecule is OC1(c2ccnc(Cl)c2F)CCOCC1. The molecule has 82 valence electrons. The topological polar surface area (TPSA) is 42.4 Å². The number of halogens is 2. The monoisotopic (exact) mass is 231 g/mol. The van der Waals surface area contributed by atoms with Crippen LogP contribution in [0.5, 0.6) is 0 Å². The molecule has 15 heavy (non-hydrogen) atoms. The predicted molar refractivity (Wildman–Crippen MR) is 53.2 cm³/mol. The highest BCUT2D eigenvalue weighted by molar-refractivity contribution is 6.29. The second-order valence-electron chi connectivity index (χ2n) is 3.61. The summed E-state index contributed by atoms with van der Waals surface area (Å²) in [6.07, 6.45) is 2.16. The normalized spacial score (nSPS) is 20.2. The van der Waals surface area contributed by atoms with Crippen molar-refractivity contribution in [1.29, 1.82) is 0 Å². The van der Waals surface area contributed by atoms with Crippen LogP contribution in [0.2, 0.25) is 5.15 Å². The summed E-state index contributed by atoms with van der Waals surface area (Å²) in [7, 11) is 0. The first-order valence-electron chi connectivity index (χ1n) is 4.74. The molecule has 1 N–H and O–H groups in total. The molecule has 0 amide bonds. The molecule has 0 unspecified atom stereocenters. The van der Waals surface area contributed by atoms with Gasteiger partial charge in [0, 0.05) is 37.8 Å². The van der Waals surface area contributed by atoms with Crippen molar-refractivity contribution in [2.45, 2.75) is 18.4 Å². The van der Waals surface area contributed by atoms with Crippen LogP contribution in [0.3, 0.4) is 0 Å². The Labute approximate surface area is 91.8 Å². The van der Waals surface area contributed by atoms with Crippen molar-refractivity contribution in [3.05, 3.63) is 28.8 Å². The highest BCUT2D eigenvalue weighted by atomic mass is 35.5. The molecular formula is C10H11ClFNO2. The Morgan fingerprint density at radius 3 is 2.80 bits per heavy atom. The number of pyridine rings is 1. The minimum Gasteiger partial charge on any atom is -0.385 e. The number of aromatic nitrogens is 1. The third kappa shape index (κ3) is 1.97. The van der Waals surface area contributed by atoms with Crippen molar-refractivity contribution in [3.8, 4) is 0 Å². The maximum Gasteiger partial charge on any atom is 0.166 e. The van der Waals surface area contributed by atoms with E-state index in [1.165, 1.54) is 12.3 Å². The number of nitrogens with zero attached hydrogens (tertiary/aromatic N) is 1. The van der Waals surface area contributed by atoms with Gasteiger partial charge in [-0.05, 0) is 6.07 Å². The van der Waals surface area contributed by atoms with E-state index in [4.69, 9.17) is 16.3 Å². The fraction of sp³-hybridized carbons (Fsp3) is 0.500. The van der Waals surface area contributed by atoms with Gasteiger partial charge in [0.2, 0.25) is 0 Å². The number of rotatable bonds is 1. The van der Waals surface area contributed by atoms with Crippen LogP contribution < -0.4 is 0 Å². The molecule has 2 rings (SSSR count). The number of hydrogen-bond donors (Lipinski definition) is 1. The minimum atomic E-state index is -1.17. The zero-order valence-electron chi connectivity index (χ0n) is 8.04. The maximum absolute atomic E-state index is 13.6. The molecule has 1 aromatic rings.